The summed E-state index contributed by atoms with van der Waals surface area (Å²) in [4.78, 5) is 0. The molecule has 0 saturated carbocycles. The smallest absolute Gasteiger partial charge is 0.0654 e. The molecular weight excluding hydrogens is 246 g/mol. The van der Waals surface area contributed by atoms with Crippen molar-refractivity contribution >= 4 is 33.8 Å². The number of benzene rings is 1. The lowest BCUT2D eigenvalue weighted by Crippen LogP contribution is -1.98. The number of unbranched alkanes of at least 4 members (excludes halogenated alkanes) is 2. The number of hydrogen-bond donors (Lipinski definition) is 0. The van der Waals surface area contributed by atoms with Crippen molar-refractivity contribution in [1.82, 2.24) is 0 Å². The van der Waals surface area contributed by atoms with Crippen LogP contribution in [0.15, 0.2) is 42.2 Å². The molecule has 0 bridgehead atoms. The molecule has 0 amide bonds. The SMILES string of the molecule is CCCCC=C[P+](Cl)(Cl)c1ccccc1. The normalized spacial score (nSPS) is 12.2. The summed E-state index contributed by atoms with van der Waals surface area (Å²) in [5, 5.41) is 1.03. The van der Waals surface area contributed by atoms with Gasteiger partial charge in [-0.3, -0.25) is 0 Å². The highest BCUT2D eigenvalue weighted by atomic mass is 35.9. The molecular formula is C12H16Cl2P+. The van der Waals surface area contributed by atoms with Crippen LogP contribution in [0.3, 0.4) is 0 Å². The first-order valence-electron chi connectivity index (χ1n) is 5.18. The standard InChI is InChI=1S/C12H16Cl2P/c1-2-3-4-8-11-15(13,14)12-9-6-5-7-10-12/h5-11H,2-4H2,1H3/q+1. The van der Waals surface area contributed by atoms with E-state index in [0.717, 1.165) is 11.7 Å². The Morgan fingerprint density at radius 3 is 2.47 bits per heavy atom. The van der Waals surface area contributed by atoms with Gasteiger partial charge in [-0.05, 0) is 31.1 Å². The molecule has 0 nitrogen and oxygen atoms in total. The molecule has 0 aliphatic heterocycles. The van der Waals surface area contributed by atoms with Crippen LogP contribution < -0.4 is 5.30 Å². The van der Waals surface area contributed by atoms with Gasteiger partial charge in [-0.15, -0.1) is 0 Å². The van der Waals surface area contributed by atoms with Crippen molar-refractivity contribution in [3.05, 3.63) is 42.2 Å². The summed E-state index contributed by atoms with van der Waals surface area (Å²) in [5.41, 5.74) is 0. The molecule has 0 radical (unpaired) electrons. The molecule has 1 rings (SSSR count). The zero-order valence-electron chi connectivity index (χ0n) is 8.87. The van der Waals surface area contributed by atoms with Crippen LogP contribution in [-0.4, -0.2) is 0 Å². The van der Waals surface area contributed by atoms with Crippen molar-refractivity contribution in [2.75, 3.05) is 0 Å². The zero-order chi connectivity index (χ0) is 11.1. The lowest BCUT2D eigenvalue weighted by Gasteiger charge is -2.03. The Morgan fingerprint density at radius 2 is 1.87 bits per heavy atom. The molecule has 0 heterocycles. The third kappa shape index (κ3) is 4.55. The predicted molar refractivity (Wildman–Crippen MR) is 73.4 cm³/mol. The zero-order valence-corrected chi connectivity index (χ0v) is 11.3. The van der Waals surface area contributed by atoms with Crippen LogP contribution in [0.5, 0.6) is 0 Å². The second-order valence-electron chi connectivity index (χ2n) is 3.42. The molecule has 0 fully saturated rings. The summed E-state index contributed by atoms with van der Waals surface area (Å²) in [7, 11) is 0. The molecule has 0 aliphatic carbocycles. The van der Waals surface area contributed by atoms with Crippen LogP contribution in [0.1, 0.15) is 26.2 Å². The first kappa shape index (κ1) is 13.0. The lowest BCUT2D eigenvalue weighted by atomic mass is 10.2. The Kier molecular flexibility index (Phi) is 5.68. The summed E-state index contributed by atoms with van der Waals surface area (Å²) in [5.74, 6) is -0.0979. The topological polar surface area (TPSA) is 0 Å². The molecule has 3 heteroatoms. The van der Waals surface area contributed by atoms with E-state index in [4.69, 9.17) is 22.5 Å². The van der Waals surface area contributed by atoms with E-state index in [0.29, 0.717) is 0 Å². The van der Waals surface area contributed by atoms with E-state index in [-0.39, 0.29) is 0 Å². The van der Waals surface area contributed by atoms with Gasteiger partial charge in [-0.1, -0.05) is 31.5 Å². The molecule has 0 N–H and O–H groups in total. The highest BCUT2D eigenvalue weighted by Gasteiger charge is 2.34. The Labute approximate surface area is 102 Å². The Hall–Kier alpha value is -0.0300. The Bertz CT molecular complexity index is 307. The van der Waals surface area contributed by atoms with Gasteiger partial charge in [0.1, 0.15) is 27.8 Å². The maximum atomic E-state index is 6.33. The second-order valence-corrected chi connectivity index (χ2v) is 9.07. The van der Waals surface area contributed by atoms with Gasteiger partial charge in [-0.25, -0.2) is 0 Å². The minimum Gasteiger partial charge on any atom is -0.0654 e. The summed E-state index contributed by atoms with van der Waals surface area (Å²) < 4.78 is 0. The van der Waals surface area contributed by atoms with Crippen LogP contribution in [0.2, 0.25) is 0 Å². The Morgan fingerprint density at radius 1 is 1.20 bits per heavy atom. The van der Waals surface area contributed by atoms with E-state index in [1.54, 1.807) is 0 Å². The van der Waals surface area contributed by atoms with E-state index < -0.39 is 5.97 Å². The van der Waals surface area contributed by atoms with Gasteiger partial charge in [0.05, 0.1) is 5.82 Å². The van der Waals surface area contributed by atoms with Crippen molar-refractivity contribution in [2.45, 2.75) is 26.2 Å². The fraction of sp³-hybridized carbons (Fsp3) is 0.333. The van der Waals surface area contributed by atoms with Crippen molar-refractivity contribution in [2.24, 2.45) is 0 Å². The van der Waals surface area contributed by atoms with E-state index in [2.05, 4.69) is 13.0 Å². The van der Waals surface area contributed by atoms with Crippen LogP contribution in [0.25, 0.3) is 0 Å². The molecule has 82 valence electrons. The highest BCUT2D eigenvalue weighted by Crippen LogP contribution is 2.69. The van der Waals surface area contributed by atoms with E-state index in [1.807, 2.05) is 36.1 Å². The van der Waals surface area contributed by atoms with E-state index in [9.17, 15) is 0 Å². The van der Waals surface area contributed by atoms with Crippen molar-refractivity contribution in [1.29, 1.82) is 0 Å². The fourth-order valence-electron chi connectivity index (χ4n) is 1.24. The van der Waals surface area contributed by atoms with Gasteiger partial charge < -0.3 is 0 Å². The molecule has 15 heavy (non-hydrogen) atoms. The monoisotopic (exact) mass is 261 g/mol. The van der Waals surface area contributed by atoms with Gasteiger partial charge in [0.2, 0.25) is 0 Å². The van der Waals surface area contributed by atoms with Gasteiger partial charge in [0, 0.05) is 0 Å². The average Bonchev–Trinajstić information content (AvgIpc) is 2.26. The minimum atomic E-state index is -2.07. The van der Waals surface area contributed by atoms with Gasteiger partial charge in [-0.2, -0.15) is 0 Å². The largest absolute Gasteiger partial charge is 0.267 e. The van der Waals surface area contributed by atoms with Crippen LogP contribution in [0, 0.1) is 0 Å². The van der Waals surface area contributed by atoms with Crippen molar-refractivity contribution in [3.63, 3.8) is 0 Å². The summed E-state index contributed by atoms with van der Waals surface area (Å²) in [6, 6.07) is 9.87. The summed E-state index contributed by atoms with van der Waals surface area (Å²) in [6.45, 7) is 2.18. The summed E-state index contributed by atoms with van der Waals surface area (Å²) >= 11 is 12.7. The number of allylic oxidation sites excluding steroid dienone is 1. The first-order chi connectivity index (χ1) is 7.17. The highest BCUT2D eigenvalue weighted by molar-refractivity contribution is 8.23. The molecule has 1 aromatic carbocycles. The average molecular weight is 262 g/mol. The van der Waals surface area contributed by atoms with Crippen molar-refractivity contribution in [3.8, 4) is 0 Å². The van der Waals surface area contributed by atoms with Crippen LogP contribution >= 0.6 is 28.4 Å². The molecule has 0 aromatic heterocycles. The minimum absolute atomic E-state index is 1.03. The molecule has 0 spiro atoms. The number of hydrogen-bond acceptors (Lipinski definition) is 0. The quantitative estimate of drug-likeness (QED) is 0.496. The van der Waals surface area contributed by atoms with E-state index in [1.165, 1.54) is 12.8 Å². The first-order valence-corrected chi connectivity index (χ1v) is 8.85. The van der Waals surface area contributed by atoms with Crippen molar-refractivity contribution < 1.29 is 0 Å². The van der Waals surface area contributed by atoms with Crippen LogP contribution in [0.4, 0.5) is 0 Å². The summed E-state index contributed by atoms with van der Waals surface area (Å²) in [6.07, 6.45) is 5.56. The van der Waals surface area contributed by atoms with Gasteiger partial charge >= 0.3 is 0 Å². The predicted octanol–water partition coefficient (Wildman–Crippen LogP) is 5.34. The van der Waals surface area contributed by atoms with Gasteiger partial charge in [0.25, 0.3) is 5.97 Å². The molecule has 1 aromatic rings. The number of rotatable bonds is 5. The lowest BCUT2D eigenvalue weighted by molar-refractivity contribution is 0.815. The second kappa shape index (κ2) is 6.53. The third-order valence-electron chi connectivity index (χ3n) is 2.12. The molecule has 0 aliphatic rings. The van der Waals surface area contributed by atoms with Gasteiger partial charge in [0.15, 0.2) is 0 Å². The number of halogens is 2. The maximum Gasteiger partial charge on any atom is 0.267 e. The van der Waals surface area contributed by atoms with Crippen LogP contribution in [-0.2, 0) is 0 Å². The molecule has 0 atom stereocenters. The Balaban J connectivity index is 2.63. The van der Waals surface area contributed by atoms with E-state index >= 15 is 0 Å². The maximum absolute atomic E-state index is 6.33. The third-order valence-corrected chi connectivity index (χ3v) is 5.54. The molecule has 0 saturated heterocycles. The fourth-order valence-corrected chi connectivity index (χ4v) is 3.55. The molecule has 0 unspecified atom stereocenters.